The van der Waals surface area contributed by atoms with E-state index in [0.29, 0.717) is 13.2 Å². The first-order valence-corrected chi connectivity index (χ1v) is 8.64. The first-order valence-electron chi connectivity index (χ1n) is 8.64. The van der Waals surface area contributed by atoms with Gasteiger partial charge in [0.2, 0.25) is 0 Å². The molecular weight excluding hydrogens is 300 g/mol. The van der Waals surface area contributed by atoms with E-state index >= 15 is 0 Å². The van der Waals surface area contributed by atoms with Gasteiger partial charge in [0.15, 0.2) is 0 Å². The Morgan fingerprint density at radius 2 is 2.08 bits per heavy atom. The molecule has 24 heavy (non-hydrogen) atoms. The van der Waals surface area contributed by atoms with E-state index in [9.17, 15) is 0 Å². The molecule has 0 unspecified atom stereocenters. The molecule has 3 rings (SSSR count). The highest BCUT2D eigenvalue weighted by atomic mass is 16.5. The minimum Gasteiger partial charge on any atom is -0.367 e. The zero-order chi connectivity index (χ0) is 16.8. The third kappa shape index (κ3) is 4.15. The maximum atomic E-state index is 5.48. The van der Waals surface area contributed by atoms with E-state index in [1.807, 2.05) is 6.07 Å². The Labute approximate surface area is 144 Å². The molecule has 0 amide bonds. The molecule has 1 aromatic heterocycles. The van der Waals surface area contributed by atoms with Crippen molar-refractivity contribution in [2.45, 2.75) is 19.5 Å². The Morgan fingerprint density at radius 3 is 2.96 bits per heavy atom. The van der Waals surface area contributed by atoms with E-state index in [2.05, 4.69) is 45.5 Å². The van der Waals surface area contributed by atoms with E-state index < -0.39 is 0 Å². The first kappa shape index (κ1) is 17.0. The van der Waals surface area contributed by atoms with Crippen molar-refractivity contribution in [3.05, 3.63) is 30.1 Å². The zero-order valence-corrected chi connectivity index (χ0v) is 14.4. The van der Waals surface area contributed by atoms with Crippen LogP contribution in [0.15, 0.2) is 24.3 Å². The highest BCUT2D eigenvalue weighted by Gasteiger charge is 2.16. The van der Waals surface area contributed by atoms with Crippen molar-refractivity contribution < 1.29 is 4.74 Å². The summed E-state index contributed by atoms with van der Waals surface area (Å²) in [6.07, 6.45) is 6.46. The van der Waals surface area contributed by atoms with Gasteiger partial charge in [-0.25, -0.2) is 4.98 Å². The molecule has 5 heteroatoms. The predicted molar refractivity (Wildman–Crippen MR) is 96.8 cm³/mol. The molecule has 0 radical (unpaired) electrons. The van der Waals surface area contributed by atoms with Crippen LogP contribution in [0.3, 0.4) is 0 Å². The second-order valence-electron chi connectivity index (χ2n) is 6.36. The third-order valence-electron chi connectivity index (χ3n) is 4.56. The molecule has 0 bridgehead atoms. The van der Waals surface area contributed by atoms with Crippen molar-refractivity contribution in [3.8, 4) is 12.3 Å². The van der Waals surface area contributed by atoms with Crippen LogP contribution in [-0.2, 0) is 17.8 Å². The Hall–Kier alpha value is -1.87. The van der Waals surface area contributed by atoms with Crippen LogP contribution in [0.5, 0.6) is 0 Å². The average Bonchev–Trinajstić information content (AvgIpc) is 2.80. The summed E-state index contributed by atoms with van der Waals surface area (Å²) in [4.78, 5) is 9.77. The van der Waals surface area contributed by atoms with Crippen LogP contribution in [0.1, 0.15) is 12.2 Å². The molecule has 0 atom stereocenters. The van der Waals surface area contributed by atoms with E-state index in [1.165, 1.54) is 18.5 Å². The first-order chi connectivity index (χ1) is 11.8. The average molecular weight is 326 g/mol. The fourth-order valence-electron chi connectivity index (χ4n) is 3.24. The Bertz CT molecular complexity index is 703. The normalized spacial score (nSPS) is 17.0. The van der Waals surface area contributed by atoms with E-state index in [-0.39, 0.29) is 0 Å². The minimum atomic E-state index is 0.362. The van der Waals surface area contributed by atoms with E-state index in [4.69, 9.17) is 16.1 Å². The quantitative estimate of drug-likeness (QED) is 0.599. The maximum Gasteiger partial charge on any atom is 0.124 e. The number of imidazole rings is 1. The van der Waals surface area contributed by atoms with Gasteiger partial charge < -0.3 is 14.2 Å². The van der Waals surface area contributed by atoms with Gasteiger partial charge in [-0.1, -0.05) is 18.1 Å². The van der Waals surface area contributed by atoms with Crippen molar-refractivity contribution >= 4 is 11.0 Å². The second kappa shape index (κ2) is 8.29. The molecule has 1 aromatic carbocycles. The summed E-state index contributed by atoms with van der Waals surface area (Å²) in [6.45, 7) is 7.15. The summed E-state index contributed by atoms with van der Waals surface area (Å²) in [7, 11) is 2.20. The summed E-state index contributed by atoms with van der Waals surface area (Å²) in [6, 6.07) is 8.31. The summed E-state index contributed by atoms with van der Waals surface area (Å²) in [5, 5.41) is 0. The fraction of sp³-hybridized carbons (Fsp3) is 0.526. The highest BCUT2D eigenvalue weighted by Crippen LogP contribution is 2.18. The maximum absolute atomic E-state index is 5.48. The van der Waals surface area contributed by atoms with Gasteiger partial charge in [-0.3, -0.25) is 4.90 Å². The molecule has 128 valence electrons. The number of ether oxygens (including phenoxy) is 1. The Morgan fingerprint density at radius 1 is 1.21 bits per heavy atom. The fourth-order valence-corrected chi connectivity index (χ4v) is 3.24. The van der Waals surface area contributed by atoms with Crippen LogP contribution in [0.25, 0.3) is 11.0 Å². The zero-order valence-electron chi connectivity index (χ0n) is 14.4. The number of aromatic nitrogens is 2. The highest BCUT2D eigenvalue weighted by molar-refractivity contribution is 5.75. The molecule has 1 aliphatic rings. The molecular formula is C19H26N4O. The standard InChI is InChI=1S/C19H26N4O/c1-3-14-24-15-13-23-18-8-5-4-7-17(18)20-19(23)16-22-10-6-9-21(2)11-12-22/h1,4-5,7-8H,6,9-16H2,2H3. The van der Waals surface area contributed by atoms with Gasteiger partial charge in [0.1, 0.15) is 12.4 Å². The number of rotatable bonds is 6. The van der Waals surface area contributed by atoms with Crippen molar-refractivity contribution in [3.63, 3.8) is 0 Å². The van der Waals surface area contributed by atoms with Gasteiger partial charge in [0, 0.05) is 19.6 Å². The van der Waals surface area contributed by atoms with Crippen molar-refractivity contribution in [2.75, 3.05) is 46.4 Å². The third-order valence-corrected chi connectivity index (χ3v) is 4.56. The molecule has 0 spiro atoms. The van der Waals surface area contributed by atoms with Crippen LogP contribution in [0.4, 0.5) is 0 Å². The van der Waals surface area contributed by atoms with Gasteiger partial charge in [-0.15, -0.1) is 6.42 Å². The number of hydrogen-bond acceptors (Lipinski definition) is 4. The number of terminal acetylenes is 1. The summed E-state index contributed by atoms with van der Waals surface area (Å²) in [5.74, 6) is 3.63. The molecule has 1 aliphatic heterocycles. The molecule has 1 fully saturated rings. The second-order valence-corrected chi connectivity index (χ2v) is 6.36. The smallest absolute Gasteiger partial charge is 0.124 e. The lowest BCUT2D eigenvalue weighted by Gasteiger charge is -2.20. The van der Waals surface area contributed by atoms with Crippen LogP contribution >= 0.6 is 0 Å². The summed E-state index contributed by atoms with van der Waals surface area (Å²) >= 11 is 0. The number of fused-ring (bicyclic) bond motifs is 1. The van der Waals surface area contributed by atoms with Gasteiger partial charge in [0.25, 0.3) is 0 Å². The predicted octanol–water partition coefficient (Wildman–Crippen LogP) is 1.82. The Kier molecular flexibility index (Phi) is 5.86. The number of hydrogen-bond donors (Lipinski definition) is 0. The lowest BCUT2D eigenvalue weighted by Crippen LogP contribution is -2.29. The molecule has 0 N–H and O–H groups in total. The van der Waals surface area contributed by atoms with Gasteiger partial charge >= 0.3 is 0 Å². The SMILES string of the molecule is C#CCOCCn1c(CN2CCCN(C)CC2)nc2ccccc21. The van der Waals surface area contributed by atoms with Gasteiger partial charge in [-0.05, 0) is 38.7 Å². The molecule has 0 saturated carbocycles. The van der Waals surface area contributed by atoms with E-state index in [0.717, 1.165) is 44.1 Å². The molecule has 2 aromatic rings. The molecule has 2 heterocycles. The van der Waals surface area contributed by atoms with Crippen LogP contribution in [0.2, 0.25) is 0 Å². The molecule has 1 saturated heterocycles. The van der Waals surface area contributed by atoms with Crippen molar-refractivity contribution in [2.24, 2.45) is 0 Å². The minimum absolute atomic E-state index is 0.362. The van der Waals surface area contributed by atoms with Gasteiger partial charge in [0.05, 0.1) is 24.2 Å². The number of benzene rings is 1. The molecule has 0 aliphatic carbocycles. The lowest BCUT2D eigenvalue weighted by atomic mass is 10.3. The Balaban J connectivity index is 1.76. The van der Waals surface area contributed by atoms with Crippen molar-refractivity contribution in [1.82, 2.24) is 19.4 Å². The van der Waals surface area contributed by atoms with Crippen LogP contribution < -0.4 is 0 Å². The number of nitrogens with zero attached hydrogens (tertiary/aromatic N) is 4. The van der Waals surface area contributed by atoms with Crippen LogP contribution in [-0.4, -0.2) is 65.8 Å². The topological polar surface area (TPSA) is 33.5 Å². The molecule has 5 nitrogen and oxygen atoms in total. The van der Waals surface area contributed by atoms with Crippen molar-refractivity contribution in [1.29, 1.82) is 0 Å². The number of likely N-dealkylation sites (N-methyl/N-ethyl adjacent to an activating group) is 1. The summed E-state index contributed by atoms with van der Waals surface area (Å²) in [5.41, 5.74) is 2.22. The summed E-state index contributed by atoms with van der Waals surface area (Å²) < 4.78 is 7.76. The monoisotopic (exact) mass is 326 g/mol. The van der Waals surface area contributed by atoms with Gasteiger partial charge in [-0.2, -0.15) is 0 Å². The number of para-hydroxylation sites is 2. The largest absolute Gasteiger partial charge is 0.367 e. The lowest BCUT2D eigenvalue weighted by molar-refractivity contribution is 0.156. The van der Waals surface area contributed by atoms with E-state index in [1.54, 1.807) is 0 Å². The van der Waals surface area contributed by atoms with Crippen LogP contribution in [0, 0.1) is 12.3 Å².